The fraction of sp³-hybridized carbons (Fsp3) is 0.538. The average molecular weight is 287 g/mol. The molecule has 0 radical (unpaired) electrons. The lowest BCUT2D eigenvalue weighted by molar-refractivity contribution is -0.384. The van der Waals surface area contributed by atoms with Gasteiger partial charge in [-0.1, -0.05) is 0 Å². The van der Waals surface area contributed by atoms with Gasteiger partial charge in [0.05, 0.1) is 11.5 Å². The van der Waals surface area contributed by atoms with Crippen molar-refractivity contribution >= 4 is 23.0 Å². The highest BCUT2D eigenvalue weighted by atomic mass is 35.5. The topological polar surface area (TPSA) is 55.6 Å². The zero-order valence-electron chi connectivity index (χ0n) is 11.3. The molecule has 0 bridgehead atoms. The zero-order chi connectivity index (χ0) is 14.3. The number of benzene rings is 1. The molecule has 0 fully saturated rings. The minimum absolute atomic E-state index is 0.0697. The van der Waals surface area contributed by atoms with Crippen LogP contribution in [0.2, 0.25) is 0 Å². The van der Waals surface area contributed by atoms with Crippen LogP contribution in [0.15, 0.2) is 18.2 Å². The van der Waals surface area contributed by atoms with Crippen molar-refractivity contribution in [3.63, 3.8) is 0 Å². The second-order valence-electron chi connectivity index (χ2n) is 3.98. The van der Waals surface area contributed by atoms with E-state index < -0.39 is 4.92 Å². The molecule has 1 rings (SSSR count). The molecule has 0 saturated heterocycles. The van der Waals surface area contributed by atoms with E-state index in [0.717, 1.165) is 24.3 Å². The van der Waals surface area contributed by atoms with Crippen molar-refractivity contribution in [1.82, 2.24) is 0 Å². The number of hydrogen-bond donors (Lipinski definition) is 0. The number of rotatable bonds is 8. The van der Waals surface area contributed by atoms with Gasteiger partial charge in [0.1, 0.15) is 0 Å². The van der Waals surface area contributed by atoms with Crippen molar-refractivity contribution in [1.29, 1.82) is 0 Å². The van der Waals surface area contributed by atoms with E-state index in [1.165, 1.54) is 12.1 Å². The Bertz CT molecular complexity index is 426. The summed E-state index contributed by atoms with van der Waals surface area (Å²) in [6.45, 7) is 6.84. The van der Waals surface area contributed by atoms with Crippen LogP contribution in [0, 0.1) is 10.1 Å². The minimum Gasteiger partial charge on any atom is -0.380 e. The van der Waals surface area contributed by atoms with Crippen LogP contribution in [0.5, 0.6) is 0 Å². The molecule has 1 aromatic carbocycles. The number of ether oxygens (including phenoxy) is 1. The summed E-state index contributed by atoms with van der Waals surface area (Å²) in [6.07, 6.45) is 0. The van der Waals surface area contributed by atoms with Gasteiger partial charge >= 0.3 is 0 Å². The highest BCUT2D eigenvalue weighted by Gasteiger charge is 2.14. The van der Waals surface area contributed by atoms with Gasteiger partial charge in [0.15, 0.2) is 0 Å². The van der Waals surface area contributed by atoms with Gasteiger partial charge in [-0.25, -0.2) is 0 Å². The molecule has 0 saturated carbocycles. The third-order valence-corrected chi connectivity index (χ3v) is 3.14. The van der Waals surface area contributed by atoms with Gasteiger partial charge in [-0.05, 0) is 25.5 Å². The highest BCUT2D eigenvalue weighted by molar-refractivity contribution is 6.17. The molecule has 0 unspecified atom stereocenters. The Labute approximate surface area is 118 Å². The van der Waals surface area contributed by atoms with Crippen LogP contribution in [0.3, 0.4) is 0 Å². The van der Waals surface area contributed by atoms with Crippen LogP contribution in [0.1, 0.15) is 19.4 Å². The summed E-state index contributed by atoms with van der Waals surface area (Å²) in [4.78, 5) is 12.5. The Morgan fingerprint density at radius 1 is 1.42 bits per heavy atom. The Balaban J connectivity index is 2.93. The number of halogens is 1. The normalized spacial score (nSPS) is 10.5. The molecule has 0 N–H and O–H groups in total. The third kappa shape index (κ3) is 4.36. The number of nitrogens with zero attached hydrogens (tertiary/aromatic N) is 2. The van der Waals surface area contributed by atoms with Crippen LogP contribution in [-0.4, -0.2) is 31.2 Å². The maximum Gasteiger partial charge on any atom is 0.269 e. The van der Waals surface area contributed by atoms with E-state index in [0.29, 0.717) is 13.2 Å². The summed E-state index contributed by atoms with van der Waals surface area (Å²) < 4.78 is 5.34. The smallest absolute Gasteiger partial charge is 0.269 e. The number of non-ortho nitro benzene ring substituents is 1. The molecule has 0 aromatic heterocycles. The van der Waals surface area contributed by atoms with Gasteiger partial charge in [0, 0.05) is 43.4 Å². The van der Waals surface area contributed by atoms with Gasteiger partial charge in [-0.2, -0.15) is 0 Å². The Morgan fingerprint density at radius 3 is 2.68 bits per heavy atom. The Kier molecular flexibility index (Phi) is 6.59. The van der Waals surface area contributed by atoms with Crippen LogP contribution in [-0.2, 0) is 10.6 Å². The Hall–Kier alpha value is -1.33. The Morgan fingerprint density at radius 2 is 2.16 bits per heavy atom. The fourth-order valence-electron chi connectivity index (χ4n) is 1.87. The minimum atomic E-state index is -0.406. The predicted molar refractivity (Wildman–Crippen MR) is 77.0 cm³/mol. The molecule has 0 heterocycles. The van der Waals surface area contributed by atoms with Crippen molar-refractivity contribution in [3.05, 3.63) is 33.9 Å². The molecule has 0 spiro atoms. The summed E-state index contributed by atoms with van der Waals surface area (Å²) >= 11 is 5.89. The summed E-state index contributed by atoms with van der Waals surface area (Å²) in [5, 5.41) is 10.8. The molecule has 0 atom stereocenters. The molecular formula is C13H19ClN2O3. The first kappa shape index (κ1) is 15.7. The van der Waals surface area contributed by atoms with E-state index in [1.54, 1.807) is 6.07 Å². The lowest BCUT2D eigenvalue weighted by atomic mass is 10.1. The third-order valence-electron chi connectivity index (χ3n) is 2.85. The summed E-state index contributed by atoms with van der Waals surface area (Å²) in [5.74, 6) is 0.252. The maximum atomic E-state index is 10.8. The first-order valence-electron chi connectivity index (χ1n) is 6.30. The van der Waals surface area contributed by atoms with Gasteiger partial charge < -0.3 is 9.64 Å². The zero-order valence-corrected chi connectivity index (χ0v) is 12.0. The highest BCUT2D eigenvalue weighted by Crippen LogP contribution is 2.26. The molecule has 6 heteroatoms. The van der Waals surface area contributed by atoms with E-state index >= 15 is 0 Å². The number of likely N-dealkylation sites (N-methyl/N-ethyl adjacent to an activating group) is 1. The van der Waals surface area contributed by atoms with Crippen molar-refractivity contribution < 1.29 is 9.66 Å². The van der Waals surface area contributed by atoms with Gasteiger partial charge in [0.2, 0.25) is 0 Å². The summed E-state index contributed by atoms with van der Waals surface area (Å²) in [6, 6.07) is 4.80. The maximum absolute atomic E-state index is 10.8. The van der Waals surface area contributed by atoms with Crippen molar-refractivity contribution in [2.45, 2.75) is 19.7 Å². The molecule has 0 aliphatic rings. The molecular weight excluding hydrogens is 268 g/mol. The fourth-order valence-corrected chi connectivity index (χ4v) is 2.08. The second-order valence-corrected chi connectivity index (χ2v) is 4.25. The van der Waals surface area contributed by atoms with E-state index in [1.807, 2.05) is 13.8 Å². The standard InChI is InChI=1S/C13H19ClN2O3/c1-3-15(7-8-19-4-2)13-6-5-12(16(17)18)9-11(13)10-14/h5-6,9H,3-4,7-8,10H2,1-2H3. The number of alkyl halides is 1. The van der Waals surface area contributed by atoms with Crippen LogP contribution < -0.4 is 4.90 Å². The van der Waals surface area contributed by atoms with Crippen LogP contribution in [0.25, 0.3) is 0 Å². The molecule has 0 amide bonds. The number of nitro benzene ring substituents is 1. The van der Waals surface area contributed by atoms with Crippen molar-refractivity contribution in [2.75, 3.05) is 31.2 Å². The summed E-state index contributed by atoms with van der Waals surface area (Å²) in [5.41, 5.74) is 1.78. The SMILES string of the molecule is CCOCCN(CC)c1ccc([N+](=O)[O-])cc1CCl. The molecule has 0 aliphatic heterocycles. The average Bonchev–Trinajstić information content (AvgIpc) is 2.43. The molecule has 0 aliphatic carbocycles. The number of anilines is 1. The largest absolute Gasteiger partial charge is 0.380 e. The van der Waals surface area contributed by atoms with Crippen LogP contribution in [0.4, 0.5) is 11.4 Å². The van der Waals surface area contributed by atoms with Crippen molar-refractivity contribution in [3.8, 4) is 0 Å². The van der Waals surface area contributed by atoms with E-state index in [9.17, 15) is 10.1 Å². The number of hydrogen-bond acceptors (Lipinski definition) is 4. The number of nitro groups is 1. The van der Waals surface area contributed by atoms with Gasteiger partial charge in [-0.3, -0.25) is 10.1 Å². The first-order valence-corrected chi connectivity index (χ1v) is 6.83. The first-order chi connectivity index (χ1) is 9.13. The van der Waals surface area contributed by atoms with Gasteiger partial charge in [0.25, 0.3) is 5.69 Å². The summed E-state index contributed by atoms with van der Waals surface area (Å²) in [7, 11) is 0. The van der Waals surface area contributed by atoms with Crippen LogP contribution >= 0.6 is 11.6 Å². The lowest BCUT2D eigenvalue weighted by Crippen LogP contribution is -2.28. The van der Waals surface area contributed by atoms with E-state index in [2.05, 4.69) is 4.90 Å². The quantitative estimate of drug-likeness (QED) is 0.319. The van der Waals surface area contributed by atoms with Crippen molar-refractivity contribution in [2.24, 2.45) is 0 Å². The lowest BCUT2D eigenvalue weighted by Gasteiger charge is -2.25. The predicted octanol–water partition coefficient (Wildman–Crippen LogP) is 3.20. The molecule has 106 valence electrons. The molecule has 1 aromatic rings. The van der Waals surface area contributed by atoms with Gasteiger partial charge in [-0.15, -0.1) is 11.6 Å². The van der Waals surface area contributed by atoms with E-state index in [-0.39, 0.29) is 11.6 Å². The molecule has 5 nitrogen and oxygen atoms in total. The molecule has 19 heavy (non-hydrogen) atoms. The monoisotopic (exact) mass is 286 g/mol. The second kappa shape index (κ2) is 7.96. The van der Waals surface area contributed by atoms with E-state index in [4.69, 9.17) is 16.3 Å².